The molecule has 1 aliphatic rings. The molecule has 1 saturated carbocycles. The SMILES string of the molecule is CC(C)(C)c1ccc2oc(CNS(=O)(=O)C3CC3)nc2c1. The van der Waals surface area contributed by atoms with E-state index >= 15 is 0 Å². The van der Waals surface area contributed by atoms with Crippen molar-refractivity contribution in [3.05, 3.63) is 29.7 Å². The second-order valence-corrected chi connectivity index (χ2v) is 8.65. The summed E-state index contributed by atoms with van der Waals surface area (Å²) in [5.41, 5.74) is 2.67. The summed E-state index contributed by atoms with van der Waals surface area (Å²) in [6, 6.07) is 5.91. The zero-order valence-corrected chi connectivity index (χ0v) is 13.3. The van der Waals surface area contributed by atoms with Gasteiger partial charge in [0.1, 0.15) is 5.52 Å². The number of hydrogen-bond acceptors (Lipinski definition) is 4. The van der Waals surface area contributed by atoms with E-state index in [4.69, 9.17) is 4.42 Å². The Hall–Kier alpha value is -1.40. The van der Waals surface area contributed by atoms with E-state index in [0.717, 1.165) is 18.4 Å². The second kappa shape index (κ2) is 4.81. The number of nitrogens with zero attached hydrogens (tertiary/aromatic N) is 1. The molecule has 0 atom stereocenters. The predicted molar refractivity (Wildman–Crippen MR) is 81.5 cm³/mol. The summed E-state index contributed by atoms with van der Waals surface area (Å²) >= 11 is 0. The fourth-order valence-electron chi connectivity index (χ4n) is 2.18. The molecule has 21 heavy (non-hydrogen) atoms. The number of rotatable bonds is 4. The second-order valence-electron chi connectivity index (χ2n) is 6.61. The maximum atomic E-state index is 11.8. The molecular formula is C15H20N2O3S. The van der Waals surface area contributed by atoms with Gasteiger partial charge in [-0.25, -0.2) is 18.1 Å². The van der Waals surface area contributed by atoms with Gasteiger partial charge in [-0.05, 0) is 36.0 Å². The largest absolute Gasteiger partial charge is 0.439 e. The van der Waals surface area contributed by atoms with Crippen LogP contribution in [0.15, 0.2) is 22.6 Å². The molecule has 3 rings (SSSR count). The molecule has 0 bridgehead atoms. The quantitative estimate of drug-likeness (QED) is 0.942. The Morgan fingerprint density at radius 1 is 1.33 bits per heavy atom. The van der Waals surface area contributed by atoms with Crippen molar-refractivity contribution in [2.45, 2.75) is 50.8 Å². The van der Waals surface area contributed by atoms with Crippen molar-refractivity contribution in [1.29, 1.82) is 0 Å². The van der Waals surface area contributed by atoms with Crippen molar-refractivity contribution >= 4 is 21.1 Å². The van der Waals surface area contributed by atoms with E-state index in [9.17, 15) is 8.42 Å². The topological polar surface area (TPSA) is 72.2 Å². The minimum absolute atomic E-state index is 0.0425. The fourth-order valence-corrected chi connectivity index (χ4v) is 3.49. The van der Waals surface area contributed by atoms with Gasteiger partial charge in [-0.1, -0.05) is 26.8 Å². The minimum Gasteiger partial charge on any atom is -0.439 e. The zero-order chi connectivity index (χ0) is 15.3. The first-order valence-corrected chi connectivity index (χ1v) is 8.69. The van der Waals surface area contributed by atoms with Crippen molar-refractivity contribution in [2.24, 2.45) is 0 Å². The number of oxazole rings is 1. The lowest BCUT2D eigenvalue weighted by Crippen LogP contribution is -2.26. The summed E-state index contributed by atoms with van der Waals surface area (Å²) in [6.07, 6.45) is 1.50. The Balaban J connectivity index is 1.81. The summed E-state index contributed by atoms with van der Waals surface area (Å²) in [5, 5.41) is -0.227. The van der Waals surface area contributed by atoms with Gasteiger partial charge in [0.2, 0.25) is 15.9 Å². The molecule has 0 aliphatic heterocycles. The lowest BCUT2D eigenvalue weighted by molar-refractivity contribution is 0.513. The standard InChI is InChI=1S/C15H20N2O3S/c1-15(2,3)10-4-7-13-12(8-10)17-14(20-13)9-16-21(18,19)11-5-6-11/h4,7-8,11,16H,5-6,9H2,1-3H3. The molecule has 0 spiro atoms. The summed E-state index contributed by atoms with van der Waals surface area (Å²) in [6.45, 7) is 6.52. The summed E-state index contributed by atoms with van der Waals surface area (Å²) in [7, 11) is -3.20. The Kier molecular flexibility index (Phi) is 3.33. The molecule has 5 nitrogen and oxygen atoms in total. The number of nitrogens with one attached hydrogen (secondary N) is 1. The summed E-state index contributed by atoms with van der Waals surface area (Å²) < 4.78 is 31.7. The smallest absolute Gasteiger partial charge is 0.214 e. The molecule has 6 heteroatoms. The third-order valence-electron chi connectivity index (χ3n) is 3.69. The molecule has 0 amide bonds. The fraction of sp³-hybridized carbons (Fsp3) is 0.533. The molecule has 2 aromatic rings. The van der Waals surface area contributed by atoms with E-state index in [2.05, 4.69) is 30.5 Å². The highest BCUT2D eigenvalue weighted by atomic mass is 32.2. The van der Waals surface area contributed by atoms with Crippen LogP contribution in [-0.2, 0) is 22.0 Å². The van der Waals surface area contributed by atoms with Crippen LogP contribution in [0.4, 0.5) is 0 Å². The highest BCUT2D eigenvalue weighted by Gasteiger charge is 2.35. The molecule has 0 radical (unpaired) electrons. The normalized spacial score (nSPS) is 16.5. The maximum absolute atomic E-state index is 11.8. The van der Waals surface area contributed by atoms with Gasteiger partial charge in [-0.3, -0.25) is 0 Å². The first-order chi connectivity index (χ1) is 9.75. The molecule has 1 aromatic carbocycles. The summed E-state index contributed by atoms with van der Waals surface area (Å²) in [4.78, 5) is 4.38. The Morgan fingerprint density at radius 2 is 2.05 bits per heavy atom. The van der Waals surface area contributed by atoms with Crippen LogP contribution < -0.4 is 4.72 Å². The van der Waals surface area contributed by atoms with E-state index < -0.39 is 10.0 Å². The van der Waals surface area contributed by atoms with Crippen LogP contribution in [0.1, 0.15) is 45.1 Å². The summed E-state index contributed by atoms with van der Waals surface area (Å²) in [5.74, 6) is 0.403. The van der Waals surface area contributed by atoms with Gasteiger partial charge in [-0.15, -0.1) is 0 Å². The van der Waals surface area contributed by atoms with E-state index in [1.165, 1.54) is 5.56 Å². The van der Waals surface area contributed by atoms with E-state index in [-0.39, 0.29) is 17.2 Å². The van der Waals surface area contributed by atoms with Crippen LogP contribution in [0.2, 0.25) is 0 Å². The van der Waals surface area contributed by atoms with E-state index in [0.29, 0.717) is 11.5 Å². The van der Waals surface area contributed by atoms with Crippen LogP contribution in [0, 0.1) is 0 Å². The molecule has 0 unspecified atom stereocenters. The number of benzene rings is 1. The molecular weight excluding hydrogens is 288 g/mol. The number of hydrogen-bond donors (Lipinski definition) is 1. The van der Waals surface area contributed by atoms with Gasteiger partial charge in [-0.2, -0.15) is 0 Å². The highest BCUT2D eigenvalue weighted by Crippen LogP contribution is 2.28. The van der Waals surface area contributed by atoms with Crippen molar-refractivity contribution in [1.82, 2.24) is 9.71 Å². The molecule has 1 N–H and O–H groups in total. The average molecular weight is 308 g/mol. The monoisotopic (exact) mass is 308 g/mol. The van der Waals surface area contributed by atoms with Crippen LogP contribution in [0.25, 0.3) is 11.1 Å². The Labute approximate surface area is 124 Å². The Morgan fingerprint density at radius 3 is 2.67 bits per heavy atom. The molecule has 1 aliphatic carbocycles. The van der Waals surface area contributed by atoms with Crippen molar-refractivity contribution < 1.29 is 12.8 Å². The van der Waals surface area contributed by atoms with Gasteiger partial charge in [0, 0.05) is 0 Å². The van der Waals surface area contributed by atoms with Gasteiger partial charge in [0.25, 0.3) is 0 Å². The average Bonchev–Trinajstić information content (AvgIpc) is 3.16. The molecule has 1 heterocycles. The predicted octanol–water partition coefficient (Wildman–Crippen LogP) is 2.71. The molecule has 1 aromatic heterocycles. The lowest BCUT2D eigenvalue weighted by Gasteiger charge is -2.18. The molecule has 0 saturated heterocycles. The van der Waals surface area contributed by atoms with Crippen LogP contribution in [0.3, 0.4) is 0 Å². The third kappa shape index (κ3) is 3.11. The van der Waals surface area contributed by atoms with Crippen LogP contribution in [0.5, 0.6) is 0 Å². The van der Waals surface area contributed by atoms with Crippen molar-refractivity contribution in [3.63, 3.8) is 0 Å². The highest BCUT2D eigenvalue weighted by molar-refractivity contribution is 7.90. The van der Waals surface area contributed by atoms with Crippen molar-refractivity contribution in [3.8, 4) is 0 Å². The minimum atomic E-state index is -3.20. The number of aromatic nitrogens is 1. The van der Waals surface area contributed by atoms with Crippen molar-refractivity contribution in [2.75, 3.05) is 0 Å². The number of fused-ring (bicyclic) bond motifs is 1. The lowest BCUT2D eigenvalue weighted by atomic mass is 9.87. The van der Waals surface area contributed by atoms with Gasteiger partial charge in [0.15, 0.2) is 5.58 Å². The number of sulfonamides is 1. The molecule has 114 valence electrons. The molecule has 1 fully saturated rings. The Bertz CT molecular complexity index is 768. The van der Waals surface area contributed by atoms with E-state index in [1.807, 2.05) is 18.2 Å². The first-order valence-electron chi connectivity index (χ1n) is 7.14. The third-order valence-corrected chi connectivity index (χ3v) is 5.58. The van der Waals surface area contributed by atoms with Crippen LogP contribution in [-0.4, -0.2) is 18.7 Å². The van der Waals surface area contributed by atoms with Gasteiger partial charge in [0.05, 0.1) is 11.8 Å². The van der Waals surface area contributed by atoms with Gasteiger partial charge >= 0.3 is 0 Å². The van der Waals surface area contributed by atoms with Crippen LogP contribution >= 0.6 is 0 Å². The zero-order valence-electron chi connectivity index (χ0n) is 12.5. The van der Waals surface area contributed by atoms with E-state index in [1.54, 1.807) is 0 Å². The maximum Gasteiger partial charge on any atom is 0.214 e. The van der Waals surface area contributed by atoms with Gasteiger partial charge < -0.3 is 4.42 Å². The first kappa shape index (κ1) is 14.5.